The van der Waals surface area contributed by atoms with E-state index in [1.165, 1.54) is 0 Å². The lowest BCUT2D eigenvalue weighted by atomic mass is 9.87. The van der Waals surface area contributed by atoms with Crippen molar-refractivity contribution in [1.82, 2.24) is 0 Å². The molecule has 0 aromatic carbocycles. The molecule has 0 saturated carbocycles. The van der Waals surface area contributed by atoms with Crippen LogP contribution >= 0.6 is 0 Å². The van der Waals surface area contributed by atoms with Gasteiger partial charge in [0, 0.05) is 6.04 Å². The van der Waals surface area contributed by atoms with Crippen LogP contribution in [0.2, 0.25) is 0 Å². The van der Waals surface area contributed by atoms with E-state index in [1.54, 1.807) is 13.8 Å². The molecule has 0 aliphatic carbocycles. The zero-order valence-corrected chi connectivity index (χ0v) is 8.69. The molecule has 2 N–H and O–H groups in total. The molecule has 1 fully saturated rings. The molecule has 4 heteroatoms. The Labute approximate surface area is 74.3 Å². The number of sulfone groups is 1. The first kappa shape index (κ1) is 9.99. The molecule has 1 heterocycles. The highest BCUT2D eigenvalue weighted by Gasteiger charge is 2.48. The lowest BCUT2D eigenvalue weighted by molar-refractivity contribution is 0.365. The molecule has 1 unspecified atom stereocenters. The fraction of sp³-hybridized carbons (Fsp3) is 1.00. The van der Waals surface area contributed by atoms with Crippen LogP contribution < -0.4 is 5.73 Å². The van der Waals surface area contributed by atoms with E-state index < -0.39 is 14.6 Å². The highest BCUT2D eigenvalue weighted by Crippen LogP contribution is 2.38. The molecule has 0 spiro atoms. The number of rotatable bonds is 1. The lowest BCUT2D eigenvalue weighted by Gasteiger charge is -2.28. The van der Waals surface area contributed by atoms with Gasteiger partial charge in [0.25, 0.3) is 0 Å². The summed E-state index contributed by atoms with van der Waals surface area (Å²) in [6.45, 7) is 5.44. The molecule has 0 bridgehead atoms. The van der Waals surface area contributed by atoms with Gasteiger partial charge in [-0.2, -0.15) is 0 Å². The predicted octanol–water partition coefficient (Wildman–Crippen LogP) is 0.547. The van der Waals surface area contributed by atoms with Crippen molar-refractivity contribution in [3.05, 3.63) is 0 Å². The molecule has 0 aromatic heterocycles. The van der Waals surface area contributed by atoms with Crippen molar-refractivity contribution in [2.24, 2.45) is 11.7 Å². The SMILES string of the molecule is C[C@@H](N)C1CCS(=O)(=O)C1(C)C. The third-order valence-corrected chi connectivity index (χ3v) is 5.71. The molecular formula is C8H17NO2S. The average Bonchev–Trinajstić information content (AvgIpc) is 2.03. The van der Waals surface area contributed by atoms with E-state index in [4.69, 9.17) is 5.73 Å². The zero-order valence-electron chi connectivity index (χ0n) is 7.87. The van der Waals surface area contributed by atoms with Crippen LogP contribution in [0.3, 0.4) is 0 Å². The quantitative estimate of drug-likeness (QED) is 0.658. The van der Waals surface area contributed by atoms with Crippen LogP contribution in [0.25, 0.3) is 0 Å². The second kappa shape index (κ2) is 2.70. The van der Waals surface area contributed by atoms with E-state index in [-0.39, 0.29) is 12.0 Å². The van der Waals surface area contributed by atoms with Gasteiger partial charge in [0.05, 0.1) is 10.5 Å². The monoisotopic (exact) mass is 191 g/mol. The van der Waals surface area contributed by atoms with Crippen molar-refractivity contribution >= 4 is 9.84 Å². The van der Waals surface area contributed by atoms with Crippen molar-refractivity contribution in [2.75, 3.05) is 5.75 Å². The Morgan fingerprint density at radius 2 is 2.00 bits per heavy atom. The molecule has 3 nitrogen and oxygen atoms in total. The van der Waals surface area contributed by atoms with Crippen molar-refractivity contribution < 1.29 is 8.42 Å². The summed E-state index contributed by atoms with van der Waals surface area (Å²) in [6.07, 6.45) is 0.715. The fourth-order valence-corrected chi connectivity index (χ4v) is 3.90. The van der Waals surface area contributed by atoms with Gasteiger partial charge < -0.3 is 5.73 Å². The third-order valence-electron chi connectivity index (χ3n) is 3.03. The molecule has 1 rings (SSSR count). The molecule has 0 amide bonds. The molecule has 1 aliphatic heterocycles. The summed E-state index contributed by atoms with van der Waals surface area (Å²) in [5.41, 5.74) is 5.73. The lowest BCUT2D eigenvalue weighted by Crippen LogP contribution is -2.42. The highest BCUT2D eigenvalue weighted by molar-refractivity contribution is 7.93. The van der Waals surface area contributed by atoms with E-state index in [2.05, 4.69) is 0 Å². The topological polar surface area (TPSA) is 60.2 Å². The van der Waals surface area contributed by atoms with Gasteiger partial charge in [0.1, 0.15) is 0 Å². The van der Waals surface area contributed by atoms with Crippen molar-refractivity contribution in [3.63, 3.8) is 0 Å². The Kier molecular flexibility index (Phi) is 2.25. The Morgan fingerprint density at radius 1 is 1.50 bits per heavy atom. The molecule has 12 heavy (non-hydrogen) atoms. The minimum atomic E-state index is -2.90. The Morgan fingerprint density at radius 3 is 2.17 bits per heavy atom. The van der Waals surface area contributed by atoms with Gasteiger partial charge in [0.2, 0.25) is 0 Å². The van der Waals surface area contributed by atoms with Crippen LogP contribution in [0.15, 0.2) is 0 Å². The van der Waals surface area contributed by atoms with Crippen LogP contribution in [0.4, 0.5) is 0 Å². The minimum Gasteiger partial charge on any atom is -0.328 e. The van der Waals surface area contributed by atoms with Gasteiger partial charge in [-0.25, -0.2) is 8.42 Å². The standard InChI is InChI=1S/C8H17NO2S/c1-6(9)7-4-5-12(10,11)8(7,2)3/h6-7H,4-5,9H2,1-3H3/t6-,7?/m1/s1. The van der Waals surface area contributed by atoms with Gasteiger partial charge in [-0.3, -0.25) is 0 Å². The maximum absolute atomic E-state index is 11.5. The Balaban J connectivity index is 3.01. The van der Waals surface area contributed by atoms with E-state index >= 15 is 0 Å². The molecule has 0 aromatic rings. The molecule has 1 saturated heterocycles. The van der Waals surface area contributed by atoms with Crippen molar-refractivity contribution in [3.8, 4) is 0 Å². The summed E-state index contributed by atoms with van der Waals surface area (Å²) < 4.78 is 22.5. The second-order valence-corrected chi connectivity index (χ2v) is 6.87. The van der Waals surface area contributed by atoms with Crippen LogP contribution in [-0.4, -0.2) is 25.0 Å². The summed E-state index contributed by atoms with van der Waals surface area (Å²) in [5, 5.41) is 0. The summed E-state index contributed by atoms with van der Waals surface area (Å²) >= 11 is 0. The van der Waals surface area contributed by atoms with Gasteiger partial charge in [-0.1, -0.05) is 0 Å². The van der Waals surface area contributed by atoms with Crippen LogP contribution in [0.1, 0.15) is 27.2 Å². The van der Waals surface area contributed by atoms with Crippen molar-refractivity contribution in [2.45, 2.75) is 38.0 Å². The minimum absolute atomic E-state index is 0.0303. The molecule has 0 radical (unpaired) electrons. The first-order valence-electron chi connectivity index (χ1n) is 4.27. The summed E-state index contributed by atoms with van der Waals surface area (Å²) in [6, 6.07) is -0.0303. The van der Waals surface area contributed by atoms with Crippen LogP contribution in [-0.2, 0) is 9.84 Å². The summed E-state index contributed by atoms with van der Waals surface area (Å²) in [5.74, 6) is 0.411. The van der Waals surface area contributed by atoms with E-state index in [1.807, 2.05) is 6.92 Å². The smallest absolute Gasteiger partial charge is 0.155 e. The van der Waals surface area contributed by atoms with Crippen LogP contribution in [0, 0.1) is 5.92 Å². The number of nitrogens with two attached hydrogens (primary N) is 1. The molecule has 72 valence electrons. The maximum Gasteiger partial charge on any atom is 0.155 e. The van der Waals surface area contributed by atoms with Gasteiger partial charge >= 0.3 is 0 Å². The van der Waals surface area contributed by atoms with E-state index in [0.29, 0.717) is 12.2 Å². The molecule has 1 aliphatic rings. The highest BCUT2D eigenvalue weighted by atomic mass is 32.2. The van der Waals surface area contributed by atoms with Crippen molar-refractivity contribution in [1.29, 1.82) is 0 Å². The predicted molar refractivity (Wildman–Crippen MR) is 49.6 cm³/mol. The first-order valence-corrected chi connectivity index (χ1v) is 5.92. The van der Waals surface area contributed by atoms with E-state index in [9.17, 15) is 8.42 Å². The largest absolute Gasteiger partial charge is 0.328 e. The first-order chi connectivity index (χ1) is 5.29. The Bertz CT molecular complexity index is 267. The fourth-order valence-electron chi connectivity index (χ4n) is 2.02. The summed E-state index contributed by atoms with van der Waals surface area (Å²) in [7, 11) is -2.90. The second-order valence-electron chi connectivity index (χ2n) is 4.18. The van der Waals surface area contributed by atoms with Gasteiger partial charge in [0.15, 0.2) is 9.84 Å². The zero-order chi connectivity index (χ0) is 9.57. The third kappa shape index (κ3) is 1.27. The van der Waals surface area contributed by atoms with Gasteiger partial charge in [-0.05, 0) is 33.1 Å². The number of hydrogen-bond acceptors (Lipinski definition) is 3. The summed E-state index contributed by atoms with van der Waals surface area (Å²) in [4.78, 5) is 0. The maximum atomic E-state index is 11.5. The van der Waals surface area contributed by atoms with Gasteiger partial charge in [-0.15, -0.1) is 0 Å². The molecule has 2 atom stereocenters. The van der Waals surface area contributed by atoms with Crippen LogP contribution in [0.5, 0.6) is 0 Å². The average molecular weight is 191 g/mol. The van der Waals surface area contributed by atoms with E-state index in [0.717, 1.165) is 0 Å². The Hall–Kier alpha value is -0.0900. The normalized spacial score (nSPS) is 34.8. The number of hydrogen-bond donors (Lipinski definition) is 1. The molecular weight excluding hydrogens is 174 g/mol.